The Bertz CT molecular complexity index is 477. The molecule has 11 heteroatoms. The molecular formula is C15H27NO10. The van der Waals surface area contributed by atoms with Crippen molar-refractivity contribution < 1.29 is 49.6 Å². The van der Waals surface area contributed by atoms with Crippen LogP contribution in [0.1, 0.15) is 13.8 Å². The van der Waals surface area contributed by atoms with Crippen molar-refractivity contribution in [2.75, 3.05) is 13.2 Å². The Morgan fingerprint density at radius 1 is 0.962 bits per heavy atom. The maximum absolute atomic E-state index is 11.5. The highest BCUT2D eigenvalue weighted by molar-refractivity contribution is 5.73. The molecule has 2 fully saturated rings. The zero-order valence-electron chi connectivity index (χ0n) is 14.5. The molecule has 0 aromatic carbocycles. The molecule has 0 aromatic rings. The van der Waals surface area contributed by atoms with E-state index in [-0.39, 0.29) is 0 Å². The number of rotatable bonds is 5. The van der Waals surface area contributed by atoms with Gasteiger partial charge < -0.3 is 50.2 Å². The zero-order valence-corrected chi connectivity index (χ0v) is 14.5. The van der Waals surface area contributed by atoms with Crippen molar-refractivity contribution in [3.63, 3.8) is 0 Å². The van der Waals surface area contributed by atoms with E-state index in [9.17, 15) is 35.4 Å². The Morgan fingerprint density at radius 2 is 1.54 bits per heavy atom. The minimum atomic E-state index is -1.66. The number of carbonyl (C=O) groups is 1. The Labute approximate surface area is 150 Å². The van der Waals surface area contributed by atoms with Crippen molar-refractivity contribution in [2.24, 2.45) is 0 Å². The third kappa shape index (κ3) is 4.32. The summed E-state index contributed by atoms with van der Waals surface area (Å²) in [6, 6.07) is -0.835. The van der Waals surface area contributed by atoms with Gasteiger partial charge in [0.15, 0.2) is 6.29 Å². The lowest BCUT2D eigenvalue weighted by atomic mass is 9.92. The van der Waals surface area contributed by atoms with Crippen molar-refractivity contribution in [3.8, 4) is 0 Å². The molecule has 0 saturated carbocycles. The molecular weight excluding hydrogens is 354 g/mol. The van der Waals surface area contributed by atoms with Crippen LogP contribution in [0.2, 0.25) is 0 Å². The molecule has 2 aliphatic heterocycles. The normalized spacial score (nSPS) is 46.8. The van der Waals surface area contributed by atoms with Gasteiger partial charge in [-0.05, 0) is 6.92 Å². The summed E-state index contributed by atoms with van der Waals surface area (Å²) < 4.78 is 16.4. The molecule has 2 saturated heterocycles. The molecule has 2 heterocycles. The van der Waals surface area contributed by atoms with Gasteiger partial charge in [0.05, 0.1) is 25.4 Å². The first kappa shape index (κ1) is 21.4. The monoisotopic (exact) mass is 381 g/mol. The van der Waals surface area contributed by atoms with Crippen LogP contribution >= 0.6 is 0 Å². The molecule has 10 atom stereocenters. The van der Waals surface area contributed by atoms with Gasteiger partial charge in [0.1, 0.15) is 42.7 Å². The summed E-state index contributed by atoms with van der Waals surface area (Å²) >= 11 is 0. The quantitative estimate of drug-likeness (QED) is 0.247. The molecule has 26 heavy (non-hydrogen) atoms. The number of hydrogen-bond acceptors (Lipinski definition) is 10. The Kier molecular flexibility index (Phi) is 7.30. The standard InChI is InChI=1S/C15H27NO10/c1-5-9(16-6(2)19)14(11(21)8(4-18)24-5)26-15-13(23)12(22)10(20)7(3-17)25-15/h5,7-15,17-18,20-23H,3-4H2,1-2H3,(H,16,19)/t5-,7?,8?,9+,10-,11+,12?,13-,14?,15-/m0/s1. The highest BCUT2D eigenvalue weighted by Crippen LogP contribution is 2.29. The number of amides is 1. The fraction of sp³-hybridized carbons (Fsp3) is 0.933. The highest BCUT2D eigenvalue weighted by atomic mass is 16.7. The van der Waals surface area contributed by atoms with Gasteiger partial charge in [-0.1, -0.05) is 0 Å². The maximum atomic E-state index is 11.5. The second kappa shape index (κ2) is 8.87. The van der Waals surface area contributed by atoms with Crippen molar-refractivity contribution in [2.45, 2.75) is 75.0 Å². The van der Waals surface area contributed by atoms with Gasteiger partial charge in [-0.25, -0.2) is 0 Å². The van der Waals surface area contributed by atoms with Gasteiger partial charge in [-0.3, -0.25) is 4.79 Å². The second-order valence-corrected chi connectivity index (χ2v) is 6.58. The first-order chi connectivity index (χ1) is 12.2. The average Bonchev–Trinajstić information content (AvgIpc) is 2.60. The SMILES string of the molecule is CC(=O)N[C@H]1C(O[C@@H]2OC(CO)[C@H](O)C(O)[C@@H]2O)[C@H](O)C(CO)O[C@H]1C. The summed E-state index contributed by atoms with van der Waals surface area (Å²) in [6.07, 6.45) is -11.7. The van der Waals surface area contributed by atoms with E-state index < -0.39 is 80.3 Å². The van der Waals surface area contributed by atoms with E-state index in [2.05, 4.69) is 5.32 Å². The third-order valence-corrected chi connectivity index (χ3v) is 4.66. The van der Waals surface area contributed by atoms with E-state index in [0.717, 1.165) is 0 Å². The molecule has 0 bridgehead atoms. The van der Waals surface area contributed by atoms with Crippen LogP contribution in [0.5, 0.6) is 0 Å². The van der Waals surface area contributed by atoms with E-state index in [1.807, 2.05) is 0 Å². The molecule has 2 rings (SSSR count). The van der Waals surface area contributed by atoms with Crippen LogP contribution in [0.25, 0.3) is 0 Å². The first-order valence-corrected chi connectivity index (χ1v) is 8.38. The van der Waals surface area contributed by atoms with E-state index in [4.69, 9.17) is 14.2 Å². The molecule has 152 valence electrons. The summed E-state index contributed by atoms with van der Waals surface area (Å²) in [5.41, 5.74) is 0. The molecule has 2 aliphatic rings. The molecule has 7 N–H and O–H groups in total. The zero-order chi connectivity index (χ0) is 19.6. The fourth-order valence-corrected chi connectivity index (χ4v) is 3.22. The summed E-state index contributed by atoms with van der Waals surface area (Å²) in [7, 11) is 0. The fourth-order valence-electron chi connectivity index (χ4n) is 3.22. The van der Waals surface area contributed by atoms with Gasteiger partial charge in [-0.15, -0.1) is 0 Å². The first-order valence-electron chi connectivity index (χ1n) is 8.38. The van der Waals surface area contributed by atoms with Crippen molar-refractivity contribution in [1.82, 2.24) is 5.32 Å². The molecule has 4 unspecified atom stereocenters. The molecule has 1 amide bonds. The minimum Gasteiger partial charge on any atom is -0.394 e. The van der Waals surface area contributed by atoms with Gasteiger partial charge >= 0.3 is 0 Å². The number of aliphatic hydroxyl groups is 6. The van der Waals surface area contributed by atoms with Crippen LogP contribution < -0.4 is 5.32 Å². The van der Waals surface area contributed by atoms with Gasteiger partial charge in [0.2, 0.25) is 5.91 Å². The predicted octanol–water partition coefficient (Wildman–Crippen LogP) is -4.18. The Hall–Kier alpha value is -0.890. The molecule has 0 spiro atoms. The number of nitrogens with one attached hydrogen (secondary N) is 1. The lowest BCUT2D eigenvalue weighted by Crippen LogP contribution is -2.67. The largest absolute Gasteiger partial charge is 0.394 e. The molecule has 0 radical (unpaired) electrons. The van der Waals surface area contributed by atoms with E-state index in [1.165, 1.54) is 6.92 Å². The average molecular weight is 381 g/mol. The van der Waals surface area contributed by atoms with Crippen LogP contribution in [0, 0.1) is 0 Å². The van der Waals surface area contributed by atoms with Gasteiger partial charge in [0, 0.05) is 6.92 Å². The summed E-state index contributed by atoms with van der Waals surface area (Å²) in [5.74, 6) is -0.414. The number of ether oxygens (including phenoxy) is 3. The van der Waals surface area contributed by atoms with Crippen LogP contribution in [0.3, 0.4) is 0 Å². The lowest BCUT2D eigenvalue weighted by Gasteiger charge is -2.47. The summed E-state index contributed by atoms with van der Waals surface area (Å²) in [6.45, 7) is 1.74. The summed E-state index contributed by atoms with van der Waals surface area (Å²) in [4.78, 5) is 11.5. The van der Waals surface area contributed by atoms with Crippen molar-refractivity contribution in [3.05, 3.63) is 0 Å². The third-order valence-electron chi connectivity index (χ3n) is 4.66. The van der Waals surface area contributed by atoms with Crippen LogP contribution in [0.15, 0.2) is 0 Å². The van der Waals surface area contributed by atoms with E-state index in [1.54, 1.807) is 6.92 Å². The molecule has 0 aliphatic carbocycles. The second-order valence-electron chi connectivity index (χ2n) is 6.58. The number of hydrogen-bond donors (Lipinski definition) is 7. The maximum Gasteiger partial charge on any atom is 0.217 e. The molecule has 0 aromatic heterocycles. The van der Waals surface area contributed by atoms with Crippen molar-refractivity contribution in [1.29, 1.82) is 0 Å². The van der Waals surface area contributed by atoms with Gasteiger partial charge in [-0.2, -0.15) is 0 Å². The van der Waals surface area contributed by atoms with E-state index >= 15 is 0 Å². The number of carbonyl (C=O) groups excluding carboxylic acids is 1. The Morgan fingerprint density at radius 3 is 2.08 bits per heavy atom. The number of aliphatic hydroxyl groups excluding tert-OH is 6. The van der Waals surface area contributed by atoms with Crippen LogP contribution in [-0.4, -0.2) is 111 Å². The van der Waals surface area contributed by atoms with Crippen LogP contribution in [0.4, 0.5) is 0 Å². The van der Waals surface area contributed by atoms with Crippen LogP contribution in [-0.2, 0) is 19.0 Å². The van der Waals surface area contributed by atoms with Crippen molar-refractivity contribution >= 4 is 5.91 Å². The van der Waals surface area contributed by atoms with E-state index in [0.29, 0.717) is 0 Å². The predicted molar refractivity (Wildman–Crippen MR) is 83.7 cm³/mol. The van der Waals surface area contributed by atoms with Gasteiger partial charge in [0.25, 0.3) is 0 Å². The molecule has 11 nitrogen and oxygen atoms in total. The lowest BCUT2D eigenvalue weighted by molar-refractivity contribution is -0.331. The minimum absolute atomic E-state index is 0.414. The smallest absolute Gasteiger partial charge is 0.217 e. The highest BCUT2D eigenvalue weighted by Gasteiger charge is 2.50. The summed E-state index contributed by atoms with van der Waals surface area (Å²) in [5, 5.41) is 61.4. The topological polar surface area (TPSA) is 178 Å². The Balaban J connectivity index is 2.21.